The van der Waals surface area contributed by atoms with Crippen LogP contribution in [-0.2, 0) is 26.4 Å². The number of hydrogen-bond donors (Lipinski definition) is 1. The monoisotopic (exact) mass is 435 g/mol. The van der Waals surface area contributed by atoms with Crippen LogP contribution in [0.15, 0.2) is 28.2 Å². The van der Waals surface area contributed by atoms with Crippen LogP contribution in [0, 0.1) is 0 Å². The van der Waals surface area contributed by atoms with Crippen LogP contribution >= 0.6 is 0 Å². The van der Waals surface area contributed by atoms with Gasteiger partial charge in [-0.2, -0.15) is 0 Å². The molecule has 1 aromatic rings. The molecule has 157 valence electrons. The Morgan fingerprint density at radius 3 is 1.61 bits per heavy atom. The van der Waals surface area contributed by atoms with Crippen molar-refractivity contribution in [1.29, 1.82) is 0 Å². The number of rotatable bonds is 0. The summed E-state index contributed by atoms with van der Waals surface area (Å²) >= 11 is 0. The van der Waals surface area contributed by atoms with Crippen LogP contribution in [0.2, 0.25) is 0 Å². The molecule has 1 radical (unpaired) electrons. The molecule has 0 unspecified atom stereocenters. The van der Waals surface area contributed by atoms with E-state index in [0.717, 1.165) is 75.7 Å². The molecule has 1 aliphatic rings. The molecule has 0 saturated heterocycles. The van der Waals surface area contributed by atoms with Gasteiger partial charge in [0.25, 0.3) is 0 Å². The third kappa shape index (κ3) is 16.1. The van der Waals surface area contributed by atoms with Crippen LogP contribution in [0.4, 0.5) is 0 Å². The summed E-state index contributed by atoms with van der Waals surface area (Å²) in [5, 5.41) is 21.2. The van der Waals surface area contributed by atoms with Crippen molar-refractivity contribution in [3.63, 3.8) is 0 Å². The largest absolute Gasteiger partial charge is 2.00 e. The van der Waals surface area contributed by atoms with Crippen molar-refractivity contribution in [3.05, 3.63) is 29.6 Å². The summed E-state index contributed by atoms with van der Waals surface area (Å²) in [5.74, 6) is -2.17. The molecule has 1 aliphatic heterocycles. The predicted molar refractivity (Wildman–Crippen MR) is 102 cm³/mol. The SMILES string of the molecule is C/C1=N/CCCNCCC/N=C(\C)c2cccc1n2.CC(=O)[O-].CC(=O)[O-].[Co+2]. The zero-order valence-electron chi connectivity index (χ0n) is 16.8. The van der Waals surface area contributed by atoms with Gasteiger partial charge in [0.05, 0.1) is 22.8 Å². The molecule has 0 aromatic carbocycles. The number of aliphatic imine (C=N–C) groups is 2. The molecule has 8 nitrogen and oxygen atoms in total. The first-order valence-electron chi connectivity index (χ1n) is 8.79. The van der Waals surface area contributed by atoms with E-state index in [1.807, 2.05) is 32.0 Å². The molecule has 0 spiro atoms. The number of carbonyl (C=O) groups excluding carboxylic acids is 2. The summed E-state index contributed by atoms with van der Waals surface area (Å²) in [6.45, 7) is 9.76. The van der Waals surface area contributed by atoms with Gasteiger partial charge in [0.1, 0.15) is 0 Å². The van der Waals surface area contributed by atoms with Crippen molar-refractivity contribution < 1.29 is 36.6 Å². The number of aromatic nitrogens is 1. The maximum atomic E-state index is 8.89. The first-order chi connectivity index (χ1) is 12.7. The maximum absolute atomic E-state index is 8.89. The van der Waals surface area contributed by atoms with Gasteiger partial charge in [0, 0.05) is 25.0 Å². The number of fused-ring (bicyclic) bond motifs is 2. The van der Waals surface area contributed by atoms with Crippen molar-refractivity contribution in [1.82, 2.24) is 10.3 Å². The van der Waals surface area contributed by atoms with Gasteiger partial charge < -0.3 is 25.1 Å². The second-order valence-corrected chi connectivity index (χ2v) is 5.78. The number of nitrogens with one attached hydrogen (secondary N) is 1. The Bertz CT molecular complexity index is 604. The molecule has 2 rings (SSSR count). The molecular formula is C19H28CoN4O4. The second kappa shape index (κ2) is 17.0. The number of pyridine rings is 1. The predicted octanol–water partition coefficient (Wildman–Crippen LogP) is -0.407. The molecule has 0 saturated carbocycles. The van der Waals surface area contributed by atoms with Crippen molar-refractivity contribution in [2.24, 2.45) is 9.98 Å². The number of carboxylic acid groups (broad SMARTS) is 2. The summed E-state index contributed by atoms with van der Waals surface area (Å²) in [6, 6.07) is 6.06. The molecular weight excluding hydrogens is 407 g/mol. The minimum Gasteiger partial charge on any atom is -0.550 e. The van der Waals surface area contributed by atoms with E-state index in [1.54, 1.807) is 0 Å². The van der Waals surface area contributed by atoms with E-state index in [1.165, 1.54) is 0 Å². The molecule has 1 N–H and O–H groups in total. The van der Waals surface area contributed by atoms with Crippen LogP contribution in [0.1, 0.15) is 51.9 Å². The summed E-state index contributed by atoms with van der Waals surface area (Å²) in [5.41, 5.74) is 3.92. The van der Waals surface area contributed by atoms with Crippen molar-refractivity contribution >= 4 is 23.4 Å². The Morgan fingerprint density at radius 1 is 0.893 bits per heavy atom. The molecule has 0 amide bonds. The third-order valence-corrected chi connectivity index (χ3v) is 3.21. The fourth-order valence-electron chi connectivity index (χ4n) is 2.03. The number of aliphatic carboxylic acids is 2. The Hall–Kier alpha value is -2.10. The topological polar surface area (TPSA) is 130 Å². The molecule has 2 heterocycles. The fourth-order valence-corrected chi connectivity index (χ4v) is 2.03. The fraction of sp³-hybridized carbons (Fsp3) is 0.526. The summed E-state index contributed by atoms with van der Waals surface area (Å²) in [7, 11) is 0. The Morgan fingerprint density at radius 2 is 1.25 bits per heavy atom. The van der Waals surface area contributed by atoms with Crippen LogP contribution in [0.25, 0.3) is 0 Å². The molecule has 0 aliphatic carbocycles. The second-order valence-electron chi connectivity index (χ2n) is 5.78. The van der Waals surface area contributed by atoms with Crippen molar-refractivity contribution in [3.8, 4) is 0 Å². The Balaban J connectivity index is 0. The van der Waals surface area contributed by atoms with E-state index in [9.17, 15) is 0 Å². The number of carboxylic acids is 2. The van der Waals surface area contributed by atoms with Gasteiger partial charge >= 0.3 is 16.8 Å². The standard InChI is InChI=1S/C15H22N4.2C2H4O2.Co/c1-12-14-6-3-7-15(19-14)13(2)18-11-5-9-16-8-4-10-17-12;2*1-2(3)4;/h3,6-7,16H,4-5,8-11H2,1-2H3;2*1H3,(H,3,4);/q;;;+2/p-2/b17-12-,18-13+;;;. The van der Waals surface area contributed by atoms with Crippen molar-refractivity contribution in [2.75, 3.05) is 26.2 Å². The van der Waals surface area contributed by atoms with E-state index in [0.29, 0.717) is 0 Å². The van der Waals surface area contributed by atoms with Gasteiger partial charge in [-0.3, -0.25) is 9.98 Å². The Kier molecular flexibility index (Phi) is 17.1. The average Bonchev–Trinajstić information content (AvgIpc) is 2.58. The molecule has 1 aromatic heterocycles. The molecule has 2 bridgehead atoms. The van der Waals surface area contributed by atoms with Gasteiger partial charge in [0.2, 0.25) is 0 Å². The number of hydrogen-bond acceptors (Lipinski definition) is 8. The summed E-state index contributed by atoms with van der Waals surface area (Å²) in [4.78, 5) is 31.6. The van der Waals surface area contributed by atoms with E-state index in [4.69, 9.17) is 19.8 Å². The molecule has 9 heteroatoms. The van der Waals surface area contributed by atoms with Gasteiger partial charge in [0.15, 0.2) is 0 Å². The smallest absolute Gasteiger partial charge is 0.550 e. The van der Waals surface area contributed by atoms with E-state index >= 15 is 0 Å². The van der Waals surface area contributed by atoms with Crippen LogP contribution < -0.4 is 15.5 Å². The maximum Gasteiger partial charge on any atom is 2.00 e. The van der Waals surface area contributed by atoms with Gasteiger partial charge in [-0.05, 0) is 65.8 Å². The van der Waals surface area contributed by atoms with E-state index in [-0.39, 0.29) is 16.8 Å². The number of nitrogens with zero attached hydrogens (tertiary/aromatic N) is 3. The minimum atomic E-state index is -1.08. The van der Waals surface area contributed by atoms with Gasteiger partial charge in [-0.1, -0.05) is 6.07 Å². The zero-order valence-corrected chi connectivity index (χ0v) is 17.8. The normalized spacial score (nSPS) is 17.9. The van der Waals surface area contributed by atoms with E-state index in [2.05, 4.69) is 20.3 Å². The van der Waals surface area contributed by atoms with Crippen LogP contribution in [-0.4, -0.2) is 54.5 Å². The molecule has 0 atom stereocenters. The van der Waals surface area contributed by atoms with Gasteiger partial charge in [-0.15, -0.1) is 0 Å². The molecule has 28 heavy (non-hydrogen) atoms. The first-order valence-corrected chi connectivity index (χ1v) is 8.79. The average molecular weight is 435 g/mol. The van der Waals surface area contributed by atoms with Gasteiger partial charge in [-0.25, -0.2) is 4.98 Å². The first kappa shape index (κ1) is 28.1. The summed E-state index contributed by atoms with van der Waals surface area (Å²) in [6.07, 6.45) is 2.14. The Labute approximate surface area is 176 Å². The van der Waals surface area contributed by atoms with Crippen LogP contribution in [0.3, 0.4) is 0 Å². The minimum absolute atomic E-state index is 0. The summed E-state index contributed by atoms with van der Waals surface area (Å²) < 4.78 is 0. The van der Waals surface area contributed by atoms with Crippen LogP contribution in [0.5, 0.6) is 0 Å². The number of carbonyl (C=O) groups is 2. The zero-order chi connectivity index (χ0) is 20.7. The molecule has 0 fully saturated rings. The van der Waals surface area contributed by atoms with E-state index < -0.39 is 11.9 Å². The third-order valence-electron chi connectivity index (χ3n) is 3.21. The van der Waals surface area contributed by atoms with Crippen molar-refractivity contribution in [2.45, 2.75) is 40.5 Å². The quantitative estimate of drug-likeness (QED) is 0.590.